The van der Waals surface area contributed by atoms with Crippen LogP contribution in [0.1, 0.15) is 5.76 Å². The van der Waals surface area contributed by atoms with Gasteiger partial charge in [-0.3, -0.25) is 4.79 Å². The number of halogens is 1. The number of hydrogen-bond donors (Lipinski definition) is 1. The number of aliphatic carboxylic acids is 1. The van der Waals surface area contributed by atoms with Crippen molar-refractivity contribution in [2.75, 3.05) is 7.11 Å². The predicted molar refractivity (Wildman–Crippen MR) is 62.0 cm³/mol. The first kappa shape index (κ1) is 12.2. The summed E-state index contributed by atoms with van der Waals surface area (Å²) in [4.78, 5) is 10.5. The van der Waals surface area contributed by atoms with E-state index in [2.05, 4.69) is 0 Å². The Labute approximate surface area is 103 Å². The van der Waals surface area contributed by atoms with Gasteiger partial charge in [0, 0.05) is 5.56 Å². The Morgan fingerprint density at radius 2 is 2.17 bits per heavy atom. The number of ether oxygens (including phenoxy) is 1. The molecule has 1 aromatic heterocycles. The van der Waals surface area contributed by atoms with Crippen LogP contribution in [0.3, 0.4) is 0 Å². The molecule has 0 spiro atoms. The van der Waals surface area contributed by atoms with Crippen molar-refractivity contribution in [3.8, 4) is 17.1 Å². The fraction of sp³-hybridized carbons (Fsp3) is 0.154. The zero-order valence-corrected chi connectivity index (χ0v) is 9.64. The highest BCUT2D eigenvalue weighted by molar-refractivity contribution is 5.70. The van der Waals surface area contributed by atoms with Crippen molar-refractivity contribution < 1.29 is 23.4 Å². The van der Waals surface area contributed by atoms with Gasteiger partial charge in [0.15, 0.2) is 11.6 Å². The maximum absolute atomic E-state index is 13.5. The Morgan fingerprint density at radius 3 is 2.78 bits per heavy atom. The van der Waals surface area contributed by atoms with Gasteiger partial charge < -0.3 is 14.3 Å². The van der Waals surface area contributed by atoms with E-state index in [1.54, 1.807) is 18.2 Å². The summed E-state index contributed by atoms with van der Waals surface area (Å²) >= 11 is 0. The molecule has 5 heteroatoms. The van der Waals surface area contributed by atoms with Gasteiger partial charge in [0.1, 0.15) is 17.9 Å². The molecule has 0 saturated heterocycles. The number of hydrogen-bond acceptors (Lipinski definition) is 3. The minimum absolute atomic E-state index is 0.149. The number of benzene rings is 1. The molecule has 0 aliphatic carbocycles. The molecule has 2 aromatic rings. The van der Waals surface area contributed by atoms with Crippen LogP contribution >= 0.6 is 0 Å². The lowest BCUT2D eigenvalue weighted by molar-refractivity contribution is -0.136. The first-order valence-corrected chi connectivity index (χ1v) is 5.24. The highest BCUT2D eigenvalue weighted by Gasteiger charge is 2.10. The summed E-state index contributed by atoms with van der Waals surface area (Å²) in [5, 5.41) is 8.62. The molecule has 0 bridgehead atoms. The van der Waals surface area contributed by atoms with E-state index in [1.807, 2.05) is 0 Å². The Kier molecular flexibility index (Phi) is 3.32. The standard InChI is InChI=1S/C13H11FO4/c1-17-12-4-2-8(6-10(12)14)11-5-3-9(18-11)7-13(15)16/h2-6H,7H2,1H3,(H,15,16). The van der Waals surface area contributed by atoms with Crippen molar-refractivity contribution >= 4 is 5.97 Å². The summed E-state index contributed by atoms with van der Waals surface area (Å²) in [5.74, 6) is -0.569. The summed E-state index contributed by atoms with van der Waals surface area (Å²) in [6.45, 7) is 0. The topological polar surface area (TPSA) is 59.7 Å². The molecule has 1 N–H and O–H groups in total. The molecule has 0 atom stereocenters. The van der Waals surface area contributed by atoms with Crippen molar-refractivity contribution in [3.63, 3.8) is 0 Å². The second-order valence-corrected chi connectivity index (χ2v) is 3.69. The number of carboxylic acids is 1. The van der Waals surface area contributed by atoms with Gasteiger partial charge in [0.05, 0.1) is 7.11 Å². The minimum Gasteiger partial charge on any atom is -0.494 e. The lowest BCUT2D eigenvalue weighted by Gasteiger charge is -2.03. The van der Waals surface area contributed by atoms with Crippen LogP contribution in [0.5, 0.6) is 5.75 Å². The monoisotopic (exact) mass is 250 g/mol. The first-order valence-electron chi connectivity index (χ1n) is 5.24. The molecule has 0 unspecified atom stereocenters. The second-order valence-electron chi connectivity index (χ2n) is 3.69. The van der Waals surface area contributed by atoms with Crippen molar-refractivity contribution in [3.05, 3.63) is 41.9 Å². The van der Waals surface area contributed by atoms with E-state index >= 15 is 0 Å². The van der Waals surface area contributed by atoms with Crippen molar-refractivity contribution in [1.82, 2.24) is 0 Å². The van der Waals surface area contributed by atoms with Gasteiger partial charge in [0.25, 0.3) is 0 Å². The smallest absolute Gasteiger partial charge is 0.311 e. The Bertz CT molecular complexity index is 574. The molecule has 1 heterocycles. The molecule has 4 nitrogen and oxygen atoms in total. The number of rotatable bonds is 4. The SMILES string of the molecule is COc1ccc(-c2ccc(CC(=O)O)o2)cc1F. The van der Waals surface area contributed by atoms with Crippen LogP contribution in [0.25, 0.3) is 11.3 Å². The molecule has 2 rings (SSSR count). The van der Waals surface area contributed by atoms with E-state index in [0.29, 0.717) is 17.1 Å². The van der Waals surface area contributed by atoms with Crippen LogP contribution in [-0.4, -0.2) is 18.2 Å². The third-order valence-corrected chi connectivity index (χ3v) is 2.42. The summed E-state index contributed by atoms with van der Waals surface area (Å²) in [7, 11) is 1.38. The summed E-state index contributed by atoms with van der Waals surface area (Å²) in [5.41, 5.74) is 0.532. The molecule has 0 saturated carbocycles. The molecule has 0 amide bonds. The quantitative estimate of drug-likeness (QED) is 0.906. The van der Waals surface area contributed by atoms with E-state index in [9.17, 15) is 9.18 Å². The lowest BCUT2D eigenvalue weighted by Crippen LogP contribution is -1.97. The summed E-state index contributed by atoms with van der Waals surface area (Å²) in [6.07, 6.45) is -0.196. The molecule has 18 heavy (non-hydrogen) atoms. The van der Waals surface area contributed by atoms with Crippen molar-refractivity contribution in [2.45, 2.75) is 6.42 Å². The highest BCUT2D eigenvalue weighted by Crippen LogP contribution is 2.27. The molecule has 1 aromatic carbocycles. The average Bonchev–Trinajstić information content (AvgIpc) is 2.76. The van der Waals surface area contributed by atoms with Crippen LogP contribution in [-0.2, 0) is 11.2 Å². The molecule has 0 aliphatic heterocycles. The van der Waals surface area contributed by atoms with Crippen LogP contribution in [0.2, 0.25) is 0 Å². The van der Waals surface area contributed by atoms with E-state index in [0.717, 1.165) is 0 Å². The average molecular weight is 250 g/mol. The first-order chi connectivity index (χ1) is 8.60. The molecular weight excluding hydrogens is 239 g/mol. The molecule has 0 radical (unpaired) electrons. The van der Waals surface area contributed by atoms with Crippen LogP contribution in [0, 0.1) is 5.82 Å². The van der Waals surface area contributed by atoms with E-state index in [4.69, 9.17) is 14.3 Å². The van der Waals surface area contributed by atoms with Crippen LogP contribution in [0.15, 0.2) is 34.7 Å². The van der Waals surface area contributed by atoms with Gasteiger partial charge in [-0.2, -0.15) is 0 Å². The molecule has 0 aliphatic rings. The van der Waals surface area contributed by atoms with E-state index in [-0.39, 0.29) is 12.2 Å². The number of furan rings is 1. The minimum atomic E-state index is -0.975. The number of methoxy groups -OCH3 is 1. The van der Waals surface area contributed by atoms with Crippen molar-refractivity contribution in [1.29, 1.82) is 0 Å². The van der Waals surface area contributed by atoms with Crippen molar-refractivity contribution in [2.24, 2.45) is 0 Å². The second kappa shape index (κ2) is 4.91. The largest absolute Gasteiger partial charge is 0.494 e. The number of carbonyl (C=O) groups is 1. The third kappa shape index (κ3) is 2.51. The van der Waals surface area contributed by atoms with E-state index in [1.165, 1.54) is 19.2 Å². The maximum Gasteiger partial charge on any atom is 0.311 e. The summed E-state index contributed by atoms with van der Waals surface area (Å²) < 4.78 is 23.6. The normalized spacial score (nSPS) is 10.3. The fourth-order valence-corrected chi connectivity index (χ4v) is 1.60. The van der Waals surface area contributed by atoms with Gasteiger partial charge in [-0.25, -0.2) is 4.39 Å². The number of carboxylic acid groups (broad SMARTS) is 1. The molecule has 0 fully saturated rings. The Morgan fingerprint density at radius 1 is 1.39 bits per heavy atom. The zero-order chi connectivity index (χ0) is 13.1. The highest BCUT2D eigenvalue weighted by atomic mass is 19.1. The van der Waals surface area contributed by atoms with Gasteiger partial charge in [-0.05, 0) is 30.3 Å². The Hall–Kier alpha value is -2.30. The Balaban J connectivity index is 2.28. The lowest BCUT2D eigenvalue weighted by atomic mass is 10.1. The molecule has 94 valence electrons. The fourth-order valence-electron chi connectivity index (χ4n) is 1.60. The van der Waals surface area contributed by atoms with Gasteiger partial charge in [0.2, 0.25) is 0 Å². The van der Waals surface area contributed by atoms with E-state index < -0.39 is 11.8 Å². The van der Waals surface area contributed by atoms with Crippen LogP contribution in [0.4, 0.5) is 4.39 Å². The molecular formula is C13H11FO4. The van der Waals surface area contributed by atoms with Crippen LogP contribution < -0.4 is 4.74 Å². The van der Waals surface area contributed by atoms with Gasteiger partial charge >= 0.3 is 5.97 Å². The van der Waals surface area contributed by atoms with Gasteiger partial charge in [-0.1, -0.05) is 0 Å². The van der Waals surface area contributed by atoms with Gasteiger partial charge in [-0.15, -0.1) is 0 Å². The third-order valence-electron chi connectivity index (χ3n) is 2.42. The maximum atomic E-state index is 13.5. The zero-order valence-electron chi connectivity index (χ0n) is 9.64. The predicted octanol–water partition coefficient (Wildman–Crippen LogP) is 2.72. The summed E-state index contributed by atoms with van der Waals surface area (Å²) in [6, 6.07) is 7.59.